The van der Waals surface area contributed by atoms with Crippen molar-refractivity contribution >= 4 is 27.5 Å². The van der Waals surface area contributed by atoms with Crippen LogP contribution in [0, 0.1) is 11.8 Å². The number of rotatable bonds is 6. The number of hydrogen-bond acceptors (Lipinski definition) is 8. The van der Waals surface area contributed by atoms with E-state index in [9.17, 15) is 21.6 Å². The molecule has 9 nitrogen and oxygen atoms in total. The molecule has 0 fully saturated rings. The van der Waals surface area contributed by atoms with Crippen molar-refractivity contribution in [1.29, 1.82) is 0 Å². The van der Waals surface area contributed by atoms with E-state index < -0.39 is 15.5 Å². The second-order valence-electron chi connectivity index (χ2n) is 7.41. The SMILES string of the molecule is COc1cc(Cc2cnc(N)nc2N)cc(C#Cc2ccc(N(C)S(=O)(=O)C(F)(F)F)cc2)c1OC. The van der Waals surface area contributed by atoms with Gasteiger partial charge in [0.2, 0.25) is 5.95 Å². The second-order valence-corrected chi connectivity index (χ2v) is 9.37. The fourth-order valence-electron chi connectivity index (χ4n) is 3.19. The second kappa shape index (κ2) is 10.2. The zero-order chi connectivity index (χ0) is 26.7. The summed E-state index contributed by atoms with van der Waals surface area (Å²) < 4.78 is 72.7. The van der Waals surface area contributed by atoms with Crippen LogP contribution in [0.5, 0.6) is 11.5 Å². The van der Waals surface area contributed by atoms with Gasteiger partial charge in [-0.05, 0) is 42.0 Å². The Balaban J connectivity index is 1.94. The molecule has 0 amide bonds. The normalized spacial score (nSPS) is 11.4. The largest absolute Gasteiger partial charge is 0.516 e. The molecule has 0 unspecified atom stereocenters. The first-order chi connectivity index (χ1) is 16.9. The summed E-state index contributed by atoms with van der Waals surface area (Å²) in [4.78, 5) is 7.91. The number of sulfonamides is 1. The highest BCUT2D eigenvalue weighted by molar-refractivity contribution is 7.93. The van der Waals surface area contributed by atoms with Gasteiger partial charge in [0.15, 0.2) is 11.5 Å². The van der Waals surface area contributed by atoms with E-state index in [1.54, 1.807) is 12.1 Å². The fourth-order valence-corrected chi connectivity index (χ4v) is 3.90. The summed E-state index contributed by atoms with van der Waals surface area (Å²) in [6.45, 7) is 0. The Hall–Kier alpha value is -4.18. The summed E-state index contributed by atoms with van der Waals surface area (Å²) in [5, 5.41) is 0. The van der Waals surface area contributed by atoms with E-state index in [4.69, 9.17) is 20.9 Å². The lowest BCUT2D eigenvalue weighted by atomic mass is 10.0. The summed E-state index contributed by atoms with van der Waals surface area (Å²) in [5.74, 6) is 6.94. The number of halogens is 3. The van der Waals surface area contributed by atoms with Crippen LogP contribution >= 0.6 is 0 Å². The van der Waals surface area contributed by atoms with Gasteiger partial charge in [0.1, 0.15) is 5.82 Å². The van der Waals surface area contributed by atoms with E-state index in [2.05, 4.69) is 21.8 Å². The van der Waals surface area contributed by atoms with Gasteiger partial charge in [0, 0.05) is 30.8 Å². The van der Waals surface area contributed by atoms with Crippen LogP contribution in [0.2, 0.25) is 0 Å². The minimum absolute atomic E-state index is 0.0586. The molecule has 1 heterocycles. The van der Waals surface area contributed by atoms with E-state index >= 15 is 0 Å². The molecular weight excluding hydrogens is 499 g/mol. The summed E-state index contributed by atoms with van der Waals surface area (Å²) in [7, 11) is -1.75. The van der Waals surface area contributed by atoms with Crippen molar-refractivity contribution in [3.8, 4) is 23.3 Å². The highest BCUT2D eigenvalue weighted by Gasteiger charge is 2.49. The zero-order valence-corrected chi connectivity index (χ0v) is 20.2. The number of nitrogens with two attached hydrogens (primary N) is 2. The summed E-state index contributed by atoms with van der Waals surface area (Å²) in [5.41, 5.74) is 8.22. The molecule has 0 aliphatic rings. The lowest BCUT2D eigenvalue weighted by Crippen LogP contribution is -2.38. The van der Waals surface area contributed by atoms with Crippen molar-refractivity contribution in [3.05, 3.63) is 64.8 Å². The van der Waals surface area contributed by atoms with Gasteiger partial charge in [-0.25, -0.2) is 4.98 Å². The van der Waals surface area contributed by atoms with Crippen molar-refractivity contribution in [2.45, 2.75) is 11.9 Å². The Kier molecular flexibility index (Phi) is 7.49. The van der Waals surface area contributed by atoms with Gasteiger partial charge in [0.25, 0.3) is 0 Å². The smallest absolute Gasteiger partial charge is 0.493 e. The van der Waals surface area contributed by atoms with E-state index in [0.717, 1.165) is 12.6 Å². The standard InChI is InChI=1S/C23H22F3N5O4S/c1-31(36(32,33)23(24,25)26)18-8-5-14(6-9-18)4-7-16-10-15(12-19(34-2)20(16)35-3)11-17-13-29-22(28)30-21(17)27/h5-6,8-10,12-13H,11H2,1-3H3,(H4,27,28,29,30). The maximum absolute atomic E-state index is 12.8. The third-order valence-electron chi connectivity index (χ3n) is 5.08. The molecule has 0 bridgehead atoms. The first-order valence-corrected chi connectivity index (χ1v) is 11.6. The number of benzene rings is 2. The Morgan fingerprint density at radius 3 is 2.28 bits per heavy atom. The van der Waals surface area contributed by atoms with Gasteiger partial charge in [-0.15, -0.1) is 0 Å². The molecule has 0 radical (unpaired) electrons. The summed E-state index contributed by atoms with van der Waals surface area (Å²) >= 11 is 0. The molecular formula is C23H22F3N5O4S. The molecule has 0 saturated carbocycles. The van der Waals surface area contributed by atoms with Gasteiger partial charge in [0.05, 0.1) is 25.5 Å². The van der Waals surface area contributed by atoms with Crippen LogP contribution in [0.4, 0.5) is 30.6 Å². The third kappa shape index (κ3) is 5.55. The molecule has 13 heteroatoms. The molecule has 3 rings (SSSR count). The van der Waals surface area contributed by atoms with E-state index in [0.29, 0.717) is 34.6 Å². The van der Waals surface area contributed by atoms with E-state index in [1.807, 2.05) is 0 Å². The van der Waals surface area contributed by atoms with E-state index in [1.165, 1.54) is 44.7 Å². The molecule has 0 atom stereocenters. The number of nitrogens with zero attached hydrogens (tertiary/aromatic N) is 3. The number of methoxy groups -OCH3 is 2. The van der Waals surface area contributed by atoms with Crippen LogP contribution < -0.4 is 25.2 Å². The third-order valence-corrected chi connectivity index (χ3v) is 6.59. The summed E-state index contributed by atoms with van der Waals surface area (Å²) in [6, 6.07) is 8.79. The highest BCUT2D eigenvalue weighted by Crippen LogP contribution is 2.33. The number of alkyl halides is 3. The Labute approximate surface area is 205 Å². The fraction of sp³-hybridized carbons (Fsp3) is 0.217. The molecule has 0 aliphatic carbocycles. The maximum Gasteiger partial charge on any atom is 0.516 e. The number of ether oxygens (including phenoxy) is 2. The Morgan fingerprint density at radius 2 is 1.72 bits per heavy atom. The topological polar surface area (TPSA) is 134 Å². The predicted molar refractivity (Wildman–Crippen MR) is 129 cm³/mol. The molecule has 4 N–H and O–H groups in total. The molecule has 190 valence electrons. The Morgan fingerprint density at radius 1 is 1.06 bits per heavy atom. The molecule has 36 heavy (non-hydrogen) atoms. The molecule has 0 spiro atoms. The van der Waals surface area contributed by atoms with Crippen LogP contribution in [0.15, 0.2) is 42.6 Å². The molecule has 1 aromatic heterocycles. The minimum Gasteiger partial charge on any atom is -0.493 e. The monoisotopic (exact) mass is 521 g/mol. The number of nitrogen functional groups attached to an aromatic ring is 2. The molecule has 0 aliphatic heterocycles. The van der Waals surface area contributed by atoms with Crippen LogP contribution in [-0.2, 0) is 16.4 Å². The lowest BCUT2D eigenvalue weighted by molar-refractivity contribution is -0.0437. The van der Waals surface area contributed by atoms with Gasteiger partial charge in [-0.1, -0.05) is 11.8 Å². The van der Waals surface area contributed by atoms with Crippen molar-refractivity contribution in [2.24, 2.45) is 0 Å². The van der Waals surface area contributed by atoms with Crippen molar-refractivity contribution in [1.82, 2.24) is 9.97 Å². The zero-order valence-electron chi connectivity index (χ0n) is 19.4. The molecule has 0 saturated heterocycles. The van der Waals surface area contributed by atoms with Crippen LogP contribution in [0.1, 0.15) is 22.3 Å². The number of hydrogen-bond donors (Lipinski definition) is 2. The maximum atomic E-state index is 12.8. The predicted octanol–water partition coefficient (Wildman–Crippen LogP) is 2.93. The summed E-state index contributed by atoms with van der Waals surface area (Å²) in [6.07, 6.45) is 1.88. The number of aromatic nitrogens is 2. The minimum atomic E-state index is -5.51. The van der Waals surface area contributed by atoms with Crippen molar-refractivity contribution < 1.29 is 31.1 Å². The Bertz CT molecular complexity index is 1430. The number of anilines is 3. The van der Waals surface area contributed by atoms with Crippen LogP contribution in [-0.4, -0.2) is 45.2 Å². The first kappa shape index (κ1) is 26.4. The average molecular weight is 522 g/mol. The van der Waals surface area contributed by atoms with E-state index in [-0.39, 0.29) is 21.8 Å². The van der Waals surface area contributed by atoms with Crippen LogP contribution in [0.25, 0.3) is 0 Å². The highest BCUT2D eigenvalue weighted by atomic mass is 32.2. The van der Waals surface area contributed by atoms with Gasteiger partial charge < -0.3 is 20.9 Å². The molecule has 2 aromatic carbocycles. The van der Waals surface area contributed by atoms with Gasteiger partial charge >= 0.3 is 15.5 Å². The van der Waals surface area contributed by atoms with Crippen molar-refractivity contribution in [3.63, 3.8) is 0 Å². The quantitative estimate of drug-likeness (QED) is 0.473. The van der Waals surface area contributed by atoms with Gasteiger partial charge in [-0.3, -0.25) is 4.31 Å². The lowest BCUT2D eigenvalue weighted by Gasteiger charge is -2.20. The van der Waals surface area contributed by atoms with Crippen molar-refractivity contribution in [2.75, 3.05) is 37.0 Å². The van der Waals surface area contributed by atoms with Crippen LogP contribution in [0.3, 0.4) is 0 Å². The first-order valence-electron chi connectivity index (χ1n) is 10.2. The average Bonchev–Trinajstić information content (AvgIpc) is 2.83. The molecule has 3 aromatic rings. The van der Waals surface area contributed by atoms with Gasteiger partial charge in [-0.2, -0.15) is 26.6 Å².